The molecule has 0 fully saturated rings. The van der Waals surface area contributed by atoms with E-state index in [0.29, 0.717) is 0 Å². The minimum Gasteiger partial charge on any atom is -0.409 e. The van der Waals surface area contributed by atoms with Gasteiger partial charge < -0.3 is 15.8 Å². The summed E-state index contributed by atoms with van der Waals surface area (Å²) >= 11 is 1.59. The van der Waals surface area contributed by atoms with Crippen LogP contribution in [0.4, 0.5) is 0 Å². The van der Waals surface area contributed by atoms with Gasteiger partial charge in [-0.2, -0.15) is 0 Å². The van der Waals surface area contributed by atoms with Gasteiger partial charge in [0.2, 0.25) is 0 Å². The second-order valence-electron chi connectivity index (χ2n) is 5.38. The summed E-state index contributed by atoms with van der Waals surface area (Å²) in [5, 5.41) is 11.6. The maximum atomic E-state index is 12.6. The summed E-state index contributed by atoms with van der Waals surface area (Å²) in [5.74, 6) is 0.0133. The van der Waals surface area contributed by atoms with Crippen molar-refractivity contribution in [2.24, 2.45) is 10.9 Å². The molecule has 0 aliphatic heterocycles. The van der Waals surface area contributed by atoms with Gasteiger partial charge in [-0.05, 0) is 51.2 Å². The van der Waals surface area contributed by atoms with Crippen molar-refractivity contribution in [3.8, 4) is 0 Å². The van der Waals surface area contributed by atoms with Crippen LogP contribution in [0.1, 0.15) is 46.8 Å². The van der Waals surface area contributed by atoms with Gasteiger partial charge in [-0.3, -0.25) is 4.79 Å². The molecule has 20 heavy (non-hydrogen) atoms. The lowest BCUT2D eigenvalue weighted by Gasteiger charge is -2.25. The minimum absolute atomic E-state index is 0.00179. The molecule has 2 rings (SSSR count). The number of fused-ring (bicyclic) bond motifs is 1. The number of carbonyl (C=O) groups is 1. The number of nitrogens with two attached hydrogens (primary N) is 1. The van der Waals surface area contributed by atoms with Crippen molar-refractivity contribution < 1.29 is 10.0 Å². The van der Waals surface area contributed by atoms with E-state index >= 15 is 0 Å². The van der Waals surface area contributed by atoms with E-state index in [0.717, 1.165) is 17.7 Å². The molecule has 0 spiro atoms. The van der Waals surface area contributed by atoms with Gasteiger partial charge in [-0.1, -0.05) is 5.16 Å². The van der Waals surface area contributed by atoms with E-state index in [1.54, 1.807) is 16.2 Å². The number of carbonyl (C=O) groups excluding carboxylic acids is 1. The molecule has 1 amide bonds. The van der Waals surface area contributed by atoms with E-state index in [2.05, 4.69) is 5.16 Å². The zero-order valence-corrected chi connectivity index (χ0v) is 12.7. The monoisotopic (exact) mass is 295 g/mol. The predicted molar refractivity (Wildman–Crippen MR) is 80.5 cm³/mol. The fourth-order valence-electron chi connectivity index (χ4n) is 2.43. The van der Waals surface area contributed by atoms with E-state index in [9.17, 15) is 4.79 Å². The predicted octanol–water partition coefficient (Wildman–Crippen LogP) is 2.22. The van der Waals surface area contributed by atoms with Crippen molar-refractivity contribution in [2.75, 3.05) is 6.54 Å². The zero-order valence-electron chi connectivity index (χ0n) is 11.9. The first kappa shape index (κ1) is 14.8. The Morgan fingerprint density at radius 3 is 2.80 bits per heavy atom. The van der Waals surface area contributed by atoms with Crippen molar-refractivity contribution in [1.29, 1.82) is 0 Å². The Bertz CT molecular complexity index is 499. The van der Waals surface area contributed by atoms with Crippen molar-refractivity contribution >= 4 is 23.1 Å². The van der Waals surface area contributed by atoms with E-state index in [4.69, 9.17) is 10.9 Å². The molecule has 0 unspecified atom stereocenters. The molecule has 0 radical (unpaired) electrons. The Labute approximate surface area is 123 Å². The van der Waals surface area contributed by atoms with Gasteiger partial charge in [0.05, 0.1) is 11.4 Å². The lowest BCUT2D eigenvalue weighted by molar-refractivity contribution is 0.0739. The van der Waals surface area contributed by atoms with Gasteiger partial charge in [-0.25, -0.2) is 0 Å². The van der Waals surface area contributed by atoms with Crippen LogP contribution in [0, 0.1) is 0 Å². The van der Waals surface area contributed by atoms with Crippen LogP contribution in [0.2, 0.25) is 0 Å². The van der Waals surface area contributed by atoms with Crippen LogP contribution in [-0.4, -0.2) is 34.4 Å². The maximum absolute atomic E-state index is 12.6. The van der Waals surface area contributed by atoms with E-state index in [-0.39, 0.29) is 24.3 Å². The standard InChI is InChI=1S/C14H21N3O2S/c1-9(2)17(8-13(15)16-19)14(18)12-7-10-5-3-4-6-11(10)20-12/h7,9,19H,3-6,8H2,1-2H3,(H2,15,16). The Balaban J connectivity index is 2.20. The fraction of sp³-hybridized carbons (Fsp3) is 0.571. The lowest BCUT2D eigenvalue weighted by atomic mass is 9.99. The van der Waals surface area contributed by atoms with Gasteiger partial charge >= 0.3 is 0 Å². The summed E-state index contributed by atoms with van der Waals surface area (Å²) in [5.41, 5.74) is 6.85. The molecular formula is C14H21N3O2S. The van der Waals surface area contributed by atoms with Crippen molar-refractivity contribution in [3.63, 3.8) is 0 Å². The van der Waals surface area contributed by atoms with Crippen molar-refractivity contribution in [1.82, 2.24) is 4.90 Å². The third-order valence-corrected chi connectivity index (χ3v) is 4.78. The summed E-state index contributed by atoms with van der Waals surface area (Å²) in [7, 11) is 0. The molecule has 0 saturated carbocycles. The molecular weight excluding hydrogens is 274 g/mol. The summed E-state index contributed by atoms with van der Waals surface area (Å²) in [6.07, 6.45) is 4.56. The first-order valence-corrected chi connectivity index (χ1v) is 7.73. The van der Waals surface area contributed by atoms with Crippen molar-refractivity contribution in [3.05, 3.63) is 21.4 Å². The topological polar surface area (TPSA) is 78.9 Å². The molecule has 3 N–H and O–H groups in total. The summed E-state index contributed by atoms with van der Waals surface area (Å²) < 4.78 is 0. The Morgan fingerprint density at radius 2 is 2.20 bits per heavy atom. The molecule has 1 aliphatic carbocycles. The van der Waals surface area contributed by atoms with Crippen LogP contribution in [0.25, 0.3) is 0 Å². The number of hydrogen-bond acceptors (Lipinski definition) is 4. The average Bonchev–Trinajstić information content (AvgIpc) is 2.87. The number of rotatable bonds is 4. The largest absolute Gasteiger partial charge is 0.409 e. The smallest absolute Gasteiger partial charge is 0.264 e. The van der Waals surface area contributed by atoms with Crippen LogP contribution in [0.15, 0.2) is 11.2 Å². The van der Waals surface area contributed by atoms with E-state index in [1.807, 2.05) is 19.9 Å². The van der Waals surface area contributed by atoms with Gasteiger partial charge in [0.1, 0.15) is 0 Å². The number of nitrogens with zero attached hydrogens (tertiary/aromatic N) is 2. The third-order valence-electron chi connectivity index (χ3n) is 3.55. The molecule has 0 saturated heterocycles. The Morgan fingerprint density at radius 1 is 1.50 bits per heavy atom. The number of thiophene rings is 1. The quantitative estimate of drug-likeness (QED) is 0.387. The van der Waals surface area contributed by atoms with Gasteiger partial charge in [0, 0.05) is 10.9 Å². The summed E-state index contributed by atoms with van der Waals surface area (Å²) in [6.45, 7) is 4.00. The number of aryl methyl sites for hydroxylation is 2. The minimum atomic E-state index is -0.0361. The third kappa shape index (κ3) is 3.12. The molecule has 110 valence electrons. The average molecular weight is 295 g/mol. The Kier molecular flexibility index (Phi) is 4.65. The van der Waals surface area contributed by atoms with E-state index < -0.39 is 0 Å². The number of amides is 1. The Hall–Kier alpha value is -1.56. The van der Waals surface area contributed by atoms with Crippen LogP contribution < -0.4 is 5.73 Å². The SMILES string of the molecule is CC(C)N(CC(N)=NO)C(=O)c1cc2c(s1)CCCC2. The van der Waals surface area contributed by atoms with Gasteiger partial charge in [0.15, 0.2) is 5.84 Å². The van der Waals surface area contributed by atoms with E-state index in [1.165, 1.54) is 23.3 Å². The van der Waals surface area contributed by atoms with Crippen LogP contribution in [0.5, 0.6) is 0 Å². The van der Waals surface area contributed by atoms with Gasteiger partial charge in [-0.15, -0.1) is 11.3 Å². The molecule has 1 heterocycles. The first-order chi connectivity index (χ1) is 9.52. The molecule has 5 nitrogen and oxygen atoms in total. The molecule has 0 atom stereocenters. The fourth-order valence-corrected chi connectivity index (χ4v) is 3.64. The first-order valence-electron chi connectivity index (χ1n) is 6.92. The van der Waals surface area contributed by atoms with Crippen LogP contribution in [0.3, 0.4) is 0 Å². The number of hydrogen-bond donors (Lipinski definition) is 2. The highest BCUT2D eigenvalue weighted by molar-refractivity contribution is 7.14. The molecule has 0 aromatic carbocycles. The molecule has 0 bridgehead atoms. The molecule has 1 aromatic rings. The normalized spacial score (nSPS) is 15.2. The second-order valence-corrected chi connectivity index (χ2v) is 6.52. The number of oxime groups is 1. The number of amidine groups is 1. The molecule has 1 aromatic heterocycles. The highest BCUT2D eigenvalue weighted by Crippen LogP contribution is 2.30. The van der Waals surface area contributed by atoms with Crippen LogP contribution in [-0.2, 0) is 12.8 Å². The lowest BCUT2D eigenvalue weighted by Crippen LogP contribution is -2.42. The molecule has 6 heteroatoms. The zero-order chi connectivity index (χ0) is 14.7. The second kappa shape index (κ2) is 6.26. The maximum Gasteiger partial charge on any atom is 0.264 e. The summed E-state index contributed by atoms with van der Waals surface area (Å²) in [6, 6.07) is 2.02. The highest BCUT2D eigenvalue weighted by Gasteiger charge is 2.24. The highest BCUT2D eigenvalue weighted by atomic mass is 32.1. The van der Waals surface area contributed by atoms with Gasteiger partial charge in [0.25, 0.3) is 5.91 Å². The van der Waals surface area contributed by atoms with Crippen molar-refractivity contribution in [2.45, 2.75) is 45.6 Å². The summed E-state index contributed by atoms with van der Waals surface area (Å²) in [4.78, 5) is 16.3. The van der Waals surface area contributed by atoms with Crippen LogP contribution >= 0.6 is 11.3 Å². The molecule has 1 aliphatic rings.